The maximum atomic E-state index is 10.8. The van der Waals surface area contributed by atoms with E-state index in [1.54, 1.807) is 0 Å². The minimum Gasteiger partial charge on any atom is -0.452 e. The van der Waals surface area contributed by atoms with Gasteiger partial charge in [0.15, 0.2) is 6.61 Å². The van der Waals surface area contributed by atoms with Crippen LogP contribution in [0.15, 0.2) is 12.3 Å². The molecule has 0 aliphatic heterocycles. The van der Waals surface area contributed by atoms with Crippen molar-refractivity contribution in [1.29, 1.82) is 0 Å². The summed E-state index contributed by atoms with van der Waals surface area (Å²) in [5.74, 6) is -1.01. The second-order valence-corrected chi connectivity index (χ2v) is 2.27. The fourth-order valence-electron chi connectivity index (χ4n) is 0.523. The van der Waals surface area contributed by atoms with Gasteiger partial charge in [0.2, 0.25) is 0 Å². The second kappa shape index (κ2) is 6.19. The zero-order valence-corrected chi connectivity index (χ0v) is 7.66. The number of allylic oxidation sites excluding steroid dienone is 1. The summed E-state index contributed by atoms with van der Waals surface area (Å²) in [5.41, 5.74) is 0. The van der Waals surface area contributed by atoms with Crippen molar-refractivity contribution in [3.05, 3.63) is 12.3 Å². The van der Waals surface area contributed by atoms with Crippen LogP contribution in [-0.2, 0) is 23.8 Å². The van der Waals surface area contributed by atoms with Crippen molar-refractivity contribution in [3.8, 4) is 0 Å². The van der Waals surface area contributed by atoms with Gasteiger partial charge in [-0.2, -0.15) is 0 Å². The van der Waals surface area contributed by atoms with Crippen LogP contribution in [0.5, 0.6) is 0 Å². The summed E-state index contributed by atoms with van der Waals surface area (Å²) >= 11 is 0. The molecular weight excluding hydrogens is 176 g/mol. The van der Waals surface area contributed by atoms with Gasteiger partial charge in [0.1, 0.15) is 6.61 Å². The van der Waals surface area contributed by atoms with Gasteiger partial charge in [-0.25, -0.2) is 9.59 Å². The molecular formula is C8H12O5. The zero-order chi connectivity index (χ0) is 10.3. The molecule has 0 aliphatic carbocycles. The third-order valence-corrected chi connectivity index (χ3v) is 0.901. The van der Waals surface area contributed by atoms with Gasteiger partial charge in [0.05, 0.1) is 5.76 Å². The average Bonchev–Trinajstić information content (AvgIpc) is 2.00. The number of carbonyl (C=O) groups is 2. The van der Waals surface area contributed by atoms with Crippen molar-refractivity contribution >= 4 is 11.9 Å². The van der Waals surface area contributed by atoms with Crippen molar-refractivity contribution in [2.75, 3.05) is 20.3 Å². The minimum atomic E-state index is -0.656. The smallest absolute Gasteiger partial charge is 0.349 e. The number of rotatable bonds is 5. The average molecular weight is 188 g/mol. The van der Waals surface area contributed by atoms with Gasteiger partial charge in [-0.3, -0.25) is 0 Å². The zero-order valence-electron chi connectivity index (χ0n) is 7.66. The standard InChI is InChI=1S/C8H12O5/c1-6(2)13-8(10)5-12-7(9)4-11-3/h1,4-5H2,2-3H3. The SMILES string of the molecule is C=C(C)OC(=O)COC(=O)COC. The Labute approximate surface area is 76.3 Å². The van der Waals surface area contributed by atoms with Crippen molar-refractivity contribution in [3.63, 3.8) is 0 Å². The second-order valence-electron chi connectivity index (χ2n) is 2.27. The number of carbonyl (C=O) groups excluding carboxylic acids is 2. The van der Waals surface area contributed by atoms with E-state index in [4.69, 9.17) is 0 Å². The molecule has 74 valence electrons. The molecule has 0 aliphatic rings. The predicted octanol–water partition coefficient (Wildman–Crippen LogP) is 0.253. The van der Waals surface area contributed by atoms with Gasteiger partial charge < -0.3 is 14.2 Å². The molecule has 0 amide bonds. The van der Waals surface area contributed by atoms with E-state index in [9.17, 15) is 9.59 Å². The highest BCUT2D eigenvalue weighted by Crippen LogP contribution is 1.92. The first kappa shape index (κ1) is 11.6. The molecule has 0 aromatic carbocycles. The topological polar surface area (TPSA) is 61.8 Å². The molecule has 0 aromatic heterocycles. The Kier molecular flexibility index (Phi) is 5.54. The molecule has 0 saturated carbocycles. The van der Waals surface area contributed by atoms with E-state index >= 15 is 0 Å². The van der Waals surface area contributed by atoms with E-state index in [1.807, 2.05) is 0 Å². The summed E-state index contributed by atoms with van der Waals surface area (Å²) in [6.07, 6.45) is 0. The molecule has 0 rings (SSSR count). The van der Waals surface area contributed by atoms with Gasteiger partial charge in [-0.1, -0.05) is 6.58 Å². The number of methoxy groups -OCH3 is 1. The molecule has 0 unspecified atom stereocenters. The first-order valence-corrected chi connectivity index (χ1v) is 3.57. The minimum absolute atomic E-state index is 0.180. The number of ether oxygens (including phenoxy) is 3. The Morgan fingerprint density at radius 1 is 1.23 bits per heavy atom. The summed E-state index contributed by atoms with van der Waals surface area (Å²) in [4.78, 5) is 21.4. The lowest BCUT2D eigenvalue weighted by Gasteiger charge is -2.03. The third kappa shape index (κ3) is 7.02. The molecule has 0 N–H and O–H groups in total. The van der Waals surface area contributed by atoms with Crippen LogP contribution in [0.3, 0.4) is 0 Å². The highest BCUT2D eigenvalue weighted by atomic mass is 16.6. The quantitative estimate of drug-likeness (QED) is 0.457. The van der Waals surface area contributed by atoms with Crippen LogP contribution < -0.4 is 0 Å². The van der Waals surface area contributed by atoms with Gasteiger partial charge in [-0.15, -0.1) is 0 Å². The van der Waals surface area contributed by atoms with E-state index in [0.717, 1.165) is 0 Å². The first-order valence-electron chi connectivity index (χ1n) is 3.57. The van der Waals surface area contributed by atoms with Crippen LogP contribution in [0, 0.1) is 0 Å². The van der Waals surface area contributed by atoms with Crippen LogP contribution in [-0.4, -0.2) is 32.3 Å². The molecule has 0 aromatic rings. The summed E-state index contributed by atoms with van der Waals surface area (Å²) < 4.78 is 13.5. The van der Waals surface area contributed by atoms with E-state index in [1.165, 1.54) is 14.0 Å². The van der Waals surface area contributed by atoms with Gasteiger partial charge in [0, 0.05) is 7.11 Å². The highest BCUT2D eigenvalue weighted by Gasteiger charge is 2.07. The summed E-state index contributed by atoms with van der Waals surface area (Å²) in [5, 5.41) is 0. The van der Waals surface area contributed by atoms with E-state index < -0.39 is 18.5 Å². The van der Waals surface area contributed by atoms with Crippen molar-refractivity contribution in [1.82, 2.24) is 0 Å². The van der Waals surface area contributed by atoms with Gasteiger partial charge in [-0.05, 0) is 6.92 Å². The number of hydrogen-bond donors (Lipinski definition) is 0. The van der Waals surface area contributed by atoms with Crippen LogP contribution in [0.2, 0.25) is 0 Å². The molecule has 0 radical (unpaired) electrons. The largest absolute Gasteiger partial charge is 0.452 e. The maximum absolute atomic E-state index is 10.8. The van der Waals surface area contributed by atoms with Gasteiger partial charge >= 0.3 is 11.9 Å². The summed E-state index contributed by atoms with van der Waals surface area (Å²) in [6, 6.07) is 0. The Morgan fingerprint density at radius 2 is 1.85 bits per heavy atom. The molecule has 0 atom stereocenters. The molecule has 5 nitrogen and oxygen atoms in total. The lowest BCUT2D eigenvalue weighted by molar-refractivity contribution is -0.158. The summed E-state index contributed by atoms with van der Waals surface area (Å²) in [7, 11) is 1.35. The molecule has 0 fully saturated rings. The Morgan fingerprint density at radius 3 is 2.31 bits per heavy atom. The fourth-order valence-corrected chi connectivity index (χ4v) is 0.523. The molecule has 5 heteroatoms. The molecule has 0 heterocycles. The van der Waals surface area contributed by atoms with Crippen LogP contribution >= 0.6 is 0 Å². The number of esters is 2. The Hall–Kier alpha value is -1.36. The van der Waals surface area contributed by atoms with Crippen LogP contribution in [0.25, 0.3) is 0 Å². The molecule has 13 heavy (non-hydrogen) atoms. The lowest BCUT2D eigenvalue weighted by atomic mass is 10.6. The van der Waals surface area contributed by atoms with Crippen molar-refractivity contribution in [2.24, 2.45) is 0 Å². The van der Waals surface area contributed by atoms with Crippen LogP contribution in [0.1, 0.15) is 6.92 Å². The lowest BCUT2D eigenvalue weighted by Crippen LogP contribution is -2.18. The maximum Gasteiger partial charge on any atom is 0.349 e. The highest BCUT2D eigenvalue weighted by molar-refractivity contribution is 5.77. The molecule has 0 saturated heterocycles. The van der Waals surface area contributed by atoms with E-state index in [2.05, 4.69) is 20.8 Å². The third-order valence-electron chi connectivity index (χ3n) is 0.901. The van der Waals surface area contributed by atoms with E-state index in [-0.39, 0.29) is 12.4 Å². The molecule has 0 spiro atoms. The van der Waals surface area contributed by atoms with Crippen molar-refractivity contribution in [2.45, 2.75) is 6.92 Å². The number of hydrogen-bond acceptors (Lipinski definition) is 5. The molecule has 0 bridgehead atoms. The van der Waals surface area contributed by atoms with Crippen molar-refractivity contribution < 1.29 is 23.8 Å². The Bertz CT molecular complexity index is 209. The first-order chi connectivity index (χ1) is 6.06. The van der Waals surface area contributed by atoms with Gasteiger partial charge in [0.25, 0.3) is 0 Å². The predicted molar refractivity (Wildman–Crippen MR) is 43.7 cm³/mol. The monoisotopic (exact) mass is 188 g/mol. The van der Waals surface area contributed by atoms with Crippen LogP contribution in [0.4, 0.5) is 0 Å². The van der Waals surface area contributed by atoms with E-state index in [0.29, 0.717) is 0 Å². The fraction of sp³-hybridized carbons (Fsp3) is 0.500. The Balaban J connectivity index is 3.58. The normalized spacial score (nSPS) is 9.08. The summed E-state index contributed by atoms with van der Waals surface area (Å²) in [6.45, 7) is 4.27.